The number of thiocarbonyl (C=S) groups is 1. The fraction of sp³-hybridized carbons (Fsp3) is 0.364. The average Bonchev–Trinajstić information content (AvgIpc) is 2.33. The van der Waals surface area contributed by atoms with Gasteiger partial charge in [-0.3, -0.25) is 9.78 Å². The van der Waals surface area contributed by atoms with Crippen LogP contribution in [0.25, 0.3) is 0 Å². The molecule has 1 heterocycles. The van der Waals surface area contributed by atoms with Crippen molar-refractivity contribution in [2.24, 2.45) is 5.73 Å². The van der Waals surface area contributed by atoms with Crippen LogP contribution in [0.15, 0.2) is 18.3 Å². The van der Waals surface area contributed by atoms with Crippen LogP contribution in [-0.4, -0.2) is 22.4 Å². The molecule has 104 valence electrons. The SMILES string of the molecule is NC(=S)CCCNC(=O)c1ccc(C(F)(F)F)cn1. The first kappa shape index (κ1) is 15.4. The van der Waals surface area contributed by atoms with Crippen molar-refractivity contribution in [1.29, 1.82) is 0 Å². The summed E-state index contributed by atoms with van der Waals surface area (Å²) in [7, 11) is 0. The maximum atomic E-state index is 12.3. The van der Waals surface area contributed by atoms with Crippen molar-refractivity contribution in [3.05, 3.63) is 29.6 Å². The maximum absolute atomic E-state index is 12.3. The van der Waals surface area contributed by atoms with Gasteiger partial charge in [0.1, 0.15) is 5.69 Å². The van der Waals surface area contributed by atoms with E-state index in [2.05, 4.69) is 22.5 Å². The van der Waals surface area contributed by atoms with Gasteiger partial charge in [0.05, 0.1) is 10.6 Å². The van der Waals surface area contributed by atoms with Crippen LogP contribution in [0.1, 0.15) is 28.9 Å². The Morgan fingerprint density at radius 2 is 2.11 bits per heavy atom. The highest BCUT2D eigenvalue weighted by Gasteiger charge is 2.30. The molecule has 0 spiro atoms. The average molecular weight is 291 g/mol. The molecule has 0 radical (unpaired) electrons. The summed E-state index contributed by atoms with van der Waals surface area (Å²) in [4.78, 5) is 15.4. The third kappa shape index (κ3) is 5.21. The van der Waals surface area contributed by atoms with Crippen LogP contribution < -0.4 is 11.1 Å². The summed E-state index contributed by atoms with van der Waals surface area (Å²) >= 11 is 4.66. The number of alkyl halides is 3. The zero-order valence-corrected chi connectivity index (χ0v) is 10.6. The predicted octanol–water partition coefficient (Wildman–Crippen LogP) is 1.90. The number of pyridine rings is 1. The van der Waals surface area contributed by atoms with Crippen LogP contribution in [0.2, 0.25) is 0 Å². The lowest BCUT2D eigenvalue weighted by Crippen LogP contribution is -2.26. The molecule has 1 aromatic rings. The number of carbonyl (C=O) groups excluding carboxylic acids is 1. The smallest absolute Gasteiger partial charge is 0.393 e. The summed E-state index contributed by atoms with van der Waals surface area (Å²) in [6.07, 6.45) is -2.76. The van der Waals surface area contributed by atoms with E-state index in [0.717, 1.165) is 12.1 Å². The normalized spacial score (nSPS) is 11.1. The van der Waals surface area contributed by atoms with Crippen LogP contribution in [0.4, 0.5) is 13.2 Å². The van der Waals surface area contributed by atoms with Gasteiger partial charge in [0.15, 0.2) is 0 Å². The van der Waals surface area contributed by atoms with Crippen molar-refractivity contribution in [2.45, 2.75) is 19.0 Å². The molecule has 0 aromatic carbocycles. The van der Waals surface area contributed by atoms with Crippen LogP contribution in [0.3, 0.4) is 0 Å². The van der Waals surface area contributed by atoms with Gasteiger partial charge < -0.3 is 11.1 Å². The van der Waals surface area contributed by atoms with Crippen molar-refractivity contribution < 1.29 is 18.0 Å². The molecule has 1 rings (SSSR count). The zero-order valence-electron chi connectivity index (χ0n) is 9.83. The molecule has 0 atom stereocenters. The minimum atomic E-state index is -4.46. The van der Waals surface area contributed by atoms with E-state index in [0.29, 0.717) is 30.6 Å². The summed E-state index contributed by atoms with van der Waals surface area (Å²) in [5.41, 5.74) is 4.32. The first-order valence-corrected chi connectivity index (χ1v) is 5.81. The molecule has 0 bridgehead atoms. The van der Waals surface area contributed by atoms with E-state index in [1.807, 2.05) is 0 Å². The molecule has 1 amide bonds. The van der Waals surface area contributed by atoms with Gasteiger partial charge in [-0.2, -0.15) is 13.2 Å². The number of hydrogen-bond acceptors (Lipinski definition) is 3. The number of aromatic nitrogens is 1. The number of carbonyl (C=O) groups is 1. The molecule has 3 N–H and O–H groups in total. The third-order valence-corrected chi connectivity index (χ3v) is 2.41. The van der Waals surface area contributed by atoms with Gasteiger partial charge in [0.2, 0.25) is 0 Å². The Labute approximate surface area is 113 Å². The zero-order chi connectivity index (χ0) is 14.5. The van der Waals surface area contributed by atoms with Crippen LogP contribution in [-0.2, 0) is 6.18 Å². The van der Waals surface area contributed by atoms with Crippen LogP contribution in [0, 0.1) is 0 Å². The molecule has 4 nitrogen and oxygen atoms in total. The number of nitrogens with one attached hydrogen (secondary N) is 1. The van der Waals surface area contributed by atoms with E-state index >= 15 is 0 Å². The van der Waals surface area contributed by atoms with Gasteiger partial charge >= 0.3 is 6.18 Å². The Kier molecular flexibility index (Phi) is 5.22. The van der Waals surface area contributed by atoms with E-state index < -0.39 is 17.6 Å². The molecular formula is C11H12F3N3OS. The van der Waals surface area contributed by atoms with Gasteiger partial charge in [-0.1, -0.05) is 12.2 Å². The van der Waals surface area contributed by atoms with Gasteiger partial charge in [-0.15, -0.1) is 0 Å². The molecule has 8 heteroatoms. The van der Waals surface area contributed by atoms with Gasteiger partial charge in [0.25, 0.3) is 5.91 Å². The summed E-state index contributed by atoms with van der Waals surface area (Å²) in [6, 6.07) is 1.85. The monoisotopic (exact) mass is 291 g/mol. The number of amides is 1. The Hall–Kier alpha value is -1.70. The molecule has 0 fully saturated rings. The van der Waals surface area contributed by atoms with E-state index in [1.54, 1.807) is 0 Å². The van der Waals surface area contributed by atoms with Crippen molar-refractivity contribution in [3.63, 3.8) is 0 Å². The Balaban J connectivity index is 2.52. The third-order valence-electron chi connectivity index (χ3n) is 2.21. The Bertz CT molecular complexity index is 459. The Morgan fingerprint density at radius 1 is 1.42 bits per heavy atom. The van der Waals surface area contributed by atoms with Crippen LogP contribution in [0.5, 0.6) is 0 Å². The van der Waals surface area contributed by atoms with Crippen molar-refractivity contribution in [3.8, 4) is 0 Å². The van der Waals surface area contributed by atoms with E-state index in [9.17, 15) is 18.0 Å². The minimum absolute atomic E-state index is 0.0664. The highest BCUT2D eigenvalue weighted by atomic mass is 32.1. The van der Waals surface area contributed by atoms with Gasteiger partial charge in [-0.25, -0.2) is 0 Å². The lowest BCUT2D eigenvalue weighted by molar-refractivity contribution is -0.137. The van der Waals surface area contributed by atoms with Gasteiger partial charge in [0, 0.05) is 12.7 Å². The second kappa shape index (κ2) is 6.46. The molecule has 0 unspecified atom stereocenters. The second-order valence-electron chi connectivity index (χ2n) is 3.76. The summed E-state index contributed by atoms with van der Waals surface area (Å²) in [5, 5.41) is 2.51. The van der Waals surface area contributed by atoms with Crippen LogP contribution >= 0.6 is 12.2 Å². The number of rotatable bonds is 5. The number of hydrogen-bond donors (Lipinski definition) is 2. The van der Waals surface area contributed by atoms with E-state index in [4.69, 9.17) is 5.73 Å². The first-order valence-electron chi connectivity index (χ1n) is 5.40. The fourth-order valence-electron chi connectivity index (χ4n) is 1.25. The van der Waals surface area contributed by atoms with Crippen molar-refractivity contribution >= 4 is 23.1 Å². The molecule has 0 aliphatic heterocycles. The molecule has 0 aliphatic rings. The molecule has 0 saturated carbocycles. The van der Waals surface area contributed by atoms with E-state index in [-0.39, 0.29) is 5.69 Å². The summed E-state index contributed by atoms with van der Waals surface area (Å²) in [5.74, 6) is -0.531. The topological polar surface area (TPSA) is 68.0 Å². The second-order valence-corrected chi connectivity index (χ2v) is 4.28. The lowest BCUT2D eigenvalue weighted by Gasteiger charge is -2.07. The van der Waals surface area contributed by atoms with Crippen molar-refractivity contribution in [2.75, 3.05) is 6.54 Å². The van der Waals surface area contributed by atoms with E-state index in [1.165, 1.54) is 0 Å². The number of nitrogens with zero attached hydrogens (tertiary/aromatic N) is 1. The quantitative estimate of drug-likeness (QED) is 0.642. The summed E-state index contributed by atoms with van der Waals surface area (Å²) < 4.78 is 36.8. The lowest BCUT2D eigenvalue weighted by atomic mass is 10.2. The highest BCUT2D eigenvalue weighted by Crippen LogP contribution is 2.28. The maximum Gasteiger partial charge on any atom is 0.417 e. The molecule has 0 aliphatic carbocycles. The molecule has 19 heavy (non-hydrogen) atoms. The minimum Gasteiger partial charge on any atom is -0.393 e. The number of halogens is 3. The van der Waals surface area contributed by atoms with Crippen molar-refractivity contribution in [1.82, 2.24) is 10.3 Å². The number of nitrogens with two attached hydrogens (primary N) is 1. The highest BCUT2D eigenvalue weighted by molar-refractivity contribution is 7.80. The first-order chi connectivity index (χ1) is 8.80. The van der Waals surface area contributed by atoms with Gasteiger partial charge in [-0.05, 0) is 25.0 Å². The summed E-state index contributed by atoms with van der Waals surface area (Å²) in [6.45, 7) is 0.332. The standard InChI is InChI=1S/C11H12F3N3OS/c12-11(13,14)7-3-4-8(17-6-7)10(18)16-5-1-2-9(15)19/h3-4,6H,1-2,5H2,(H2,15,19)(H,16,18). The largest absolute Gasteiger partial charge is 0.417 e. The fourth-order valence-corrected chi connectivity index (χ4v) is 1.40. The predicted molar refractivity (Wildman–Crippen MR) is 67.6 cm³/mol. The molecule has 0 saturated heterocycles. The molecule has 1 aromatic heterocycles. The Morgan fingerprint density at radius 3 is 2.58 bits per heavy atom. The molecular weight excluding hydrogens is 279 g/mol.